The first-order valence-electron chi connectivity index (χ1n) is 10.4. The van der Waals surface area contributed by atoms with Gasteiger partial charge in [0.05, 0.1) is 13.2 Å². The van der Waals surface area contributed by atoms with Crippen LogP contribution in [0.15, 0.2) is 0 Å². The average molecular weight is 392 g/mol. The zero-order valence-electron chi connectivity index (χ0n) is 18.0. The Morgan fingerprint density at radius 2 is 1.31 bits per heavy atom. The lowest BCUT2D eigenvalue weighted by Gasteiger charge is -2.25. The highest BCUT2D eigenvalue weighted by Crippen LogP contribution is 2.48. The summed E-state index contributed by atoms with van der Waals surface area (Å²) in [5, 5.41) is 0. The third-order valence-corrected chi connectivity index (χ3v) is 6.02. The minimum absolute atomic E-state index is 0.107. The molecule has 6 heteroatoms. The number of rotatable bonds is 16. The molecule has 1 amide bonds. The van der Waals surface area contributed by atoms with Crippen molar-refractivity contribution in [2.75, 3.05) is 32.5 Å². The summed E-state index contributed by atoms with van der Waals surface area (Å²) in [5.74, 6) is 0.810. The second-order valence-corrected chi connectivity index (χ2v) is 9.94. The maximum atomic E-state index is 13.1. The number of nitrogens with zero attached hydrogens (tertiary/aromatic N) is 1. The first-order chi connectivity index (χ1) is 12.2. The summed E-state index contributed by atoms with van der Waals surface area (Å²) in [6.45, 7) is 14.8. The molecule has 0 N–H and O–H groups in total. The molecule has 0 radical (unpaired) electrons. The van der Waals surface area contributed by atoms with Crippen LogP contribution in [0, 0.1) is 11.8 Å². The van der Waals surface area contributed by atoms with Gasteiger partial charge in [0.15, 0.2) is 0 Å². The zero-order chi connectivity index (χ0) is 20.0. The van der Waals surface area contributed by atoms with Gasteiger partial charge in [-0.1, -0.05) is 54.4 Å². The molecule has 0 fully saturated rings. The Morgan fingerprint density at radius 3 is 1.65 bits per heavy atom. The summed E-state index contributed by atoms with van der Waals surface area (Å²) in [7, 11) is -3.40. The SMILES string of the molecule is CCCCN(CCCC)C(=O)CP(=O)(OCCC(C)C)OCCC(C)C. The normalized spacial score (nSPS) is 12.2. The van der Waals surface area contributed by atoms with Crippen LogP contribution in [-0.4, -0.2) is 43.3 Å². The Balaban J connectivity index is 4.89. The molecular formula is C20H42NO4P. The van der Waals surface area contributed by atoms with Crippen LogP contribution < -0.4 is 0 Å². The minimum atomic E-state index is -3.40. The molecule has 0 aromatic heterocycles. The molecule has 0 aliphatic heterocycles. The molecule has 0 heterocycles. The molecule has 0 atom stereocenters. The Morgan fingerprint density at radius 1 is 0.885 bits per heavy atom. The maximum Gasteiger partial charge on any atom is 0.340 e. The number of amides is 1. The summed E-state index contributed by atoms with van der Waals surface area (Å²) in [4.78, 5) is 14.6. The van der Waals surface area contributed by atoms with Crippen LogP contribution in [0.2, 0.25) is 0 Å². The van der Waals surface area contributed by atoms with Crippen molar-refractivity contribution in [3.8, 4) is 0 Å². The molecule has 0 aromatic rings. The van der Waals surface area contributed by atoms with Crippen molar-refractivity contribution in [3.05, 3.63) is 0 Å². The lowest BCUT2D eigenvalue weighted by molar-refractivity contribution is -0.128. The third-order valence-electron chi connectivity index (χ3n) is 4.21. The molecule has 26 heavy (non-hydrogen) atoms. The van der Waals surface area contributed by atoms with E-state index in [0.717, 1.165) is 38.5 Å². The van der Waals surface area contributed by atoms with E-state index in [-0.39, 0.29) is 12.1 Å². The van der Waals surface area contributed by atoms with E-state index < -0.39 is 7.60 Å². The Bertz CT molecular complexity index is 387. The molecule has 0 aromatic carbocycles. The van der Waals surface area contributed by atoms with E-state index in [9.17, 15) is 9.36 Å². The molecule has 0 bridgehead atoms. The van der Waals surface area contributed by atoms with E-state index in [0.29, 0.717) is 38.1 Å². The molecule has 156 valence electrons. The number of hydrogen-bond acceptors (Lipinski definition) is 4. The quantitative estimate of drug-likeness (QED) is 0.315. The molecule has 0 aliphatic rings. The van der Waals surface area contributed by atoms with Crippen LogP contribution in [0.4, 0.5) is 0 Å². The van der Waals surface area contributed by atoms with E-state index in [1.807, 2.05) is 4.90 Å². The fourth-order valence-electron chi connectivity index (χ4n) is 2.31. The Hall–Kier alpha value is -0.380. The van der Waals surface area contributed by atoms with E-state index >= 15 is 0 Å². The molecule has 0 spiro atoms. The van der Waals surface area contributed by atoms with Crippen LogP contribution in [0.1, 0.15) is 80.1 Å². The molecule has 0 rings (SSSR count). The van der Waals surface area contributed by atoms with Crippen LogP contribution in [0.5, 0.6) is 0 Å². The number of carbonyl (C=O) groups is 1. The van der Waals surface area contributed by atoms with Gasteiger partial charge in [-0.3, -0.25) is 9.36 Å². The third kappa shape index (κ3) is 12.9. The summed E-state index contributed by atoms with van der Waals surface area (Å²) in [6.07, 6.45) is 5.45. The van der Waals surface area contributed by atoms with Gasteiger partial charge in [0, 0.05) is 13.1 Å². The van der Waals surface area contributed by atoms with Gasteiger partial charge in [0.1, 0.15) is 6.16 Å². The van der Waals surface area contributed by atoms with E-state index in [4.69, 9.17) is 9.05 Å². The summed E-state index contributed by atoms with van der Waals surface area (Å²) >= 11 is 0. The first-order valence-corrected chi connectivity index (χ1v) is 12.1. The van der Waals surface area contributed by atoms with Crippen molar-refractivity contribution >= 4 is 13.5 Å². The van der Waals surface area contributed by atoms with Gasteiger partial charge in [0.25, 0.3) is 0 Å². The lowest BCUT2D eigenvalue weighted by atomic mass is 10.2. The van der Waals surface area contributed by atoms with Gasteiger partial charge < -0.3 is 13.9 Å². The van der Waals surface area contributed by atoms with E-state index in [1.165, 1.54) is 0 Å². The maximum absolute atomic E-state index is 13.1. The molecule has 0 saturated heterocycles. The van der Waals surface area contributed by atoms with E-state index in [1.54, 1.807) is 0 Å². The summed E-state index contributed by atoms with van der Waals surface area (Å²) < 4.78 is 24.4. The fourth-order valence-corrected chi connectivity index (χ4v) is 3.86. The monoisotopic (exact) mass is 391 g/mol. The predicted octanol–water partition coefficient (Wildman–Crippen LogP) is 5.73. The van der Waals surface area contributed by atoms with Crippen LogP contribution in [0.3, 0.4) is 0 Å². The van der Waals surface area contributed by atoms with Crippen LogP contribution in [-0.2, 0) is 18.4 Å². The van der Waals surface area contributed by atoms with Crippen molar-refractivity contribution in [3.63, 3.8) is 0 Å². The van der Waals surface area contributed by atoms with Gasteiger partial charge in [-0.25, -0.2) is 0 Å². The standard InChI is InChI=1S/C20H42NO4P/c1-7-9-13-21(14-10-8-2)20(22)17-26(23,24-15-11-18(3)4)25-16-12-19(5)6/h18-19H,7-17H2,1-6H3. The highest BCUT2D eigenvalue weighted by Gasteiger charge is 2.31. The van der Waals surface area contributed by atoms with Crippen molar-refractivity contribution < 1.29 is 18.4 Å². The lowest BCUT2D eigenvalue weighted by Crippen LogP contribution is -2.35. The Labute approximate surface area is 161 Å². The number of unbranched alkanes of at least 4 members (excludes halogenated alkanes) is 2. The summed E-state index contributed by atoms with van der Waals surface area (Å²) in [5.41, 5.74) is 0. The second-order valence-electron chi connectivity index (χ2n) is 7.89. The average Bonchev–Trinajstić information content (AvgIpc) is 2.54. The Kier molecular flexibility index (Phi) is 14.4. The molecule has 0 saturated carbocycles. The van der Waals surface area contributed by atoms with Crippen LogP contribution >= 0.6 is 7.60 Å². The highest BCUT2D eigenvalue weighted by molar-refractivity contribution is 7.54. The van der Waals surface area contributed by atoms with Gasteiger partial charge >= 0.3 is 7.60 Å². The van der Waals surface area contributed by atoms with Crippen molar-refractivity contribution in [1.29, 1.82) is 0 Å². The highest BCUT2D eigenvalue weighted by atomic mass is 31.2. The van der Waals surface area contributed by atoms with Crippen LogP contribution in [0.25, 0.3) is 0 Å². The molecule has 0 aliphatic carbocycles. The van der Waals surface area contributed by atoms with E-state index in [2.05, 4.69) is 41.5 Å². The second kappa shape index (κ2) is 14.6. The van der Waals surface area contributed by atoms with Gasteiger partial charge in [0.2, 0.25) is 5.91 Å². The smallest absolute Gasteiger partial charge is 0.340 e. The molecular weight excluding hydrogens is 349 g/mol. The van der Waals surface area contributed by atoms with Crippen molar-refractivity contribution in [2.24, 2.45) is 11.8 Å². The summed E-state index contributed by atoms with van der Waals surface area (Å²) in [6, 6.07) is 0. The number of hydrogen-bond donors (Lipinski definition) is 0. The topological polar surface area (TPSA) is 55.8 Å². The zero-order valence-corrected chi connectivity index (χ0v) is 18.9. The van der Waals surface area contributed by atoms with Crippen molar-refractivity contribution in [2.45, 2.75) is 80.1 Å². The van der Waals surface area contributed by atoms with Gasteiger partial charge in [-0.15, -0.1) is 0 Å². The van der Waals surface area contributed by atoms with Crippen molar-refractivity contribution in [1.82, 2.24) is 4.90 Å². The van der Waals surface area contributed by atoms with Gasteiger partial charge in [-0.2, -0.15) is 0 Å². The fraction of sp³-hybridized carbons (Fsp3) is 0.950. The largest absolute Gasteiger partial charge is 0.342 e. The molecule has 5 nitrogen and oxygen atoms in total. The minimum Gasteiger partial charge on any atom is -0.342 e. The molecule has 0 unspecified atom stereocenters. The number of carbonyl (C=O) groups excluding carboxylic acids is 1. The predicted molar refractivity (Wildman–Crippen MR) is 110 cm³/mol. The van der Waals surface area contributed by atoms with Gasteiger partial charge in [-0.05, 0) is 37.5 Å². The first kappa shape index (κ1) is 25.6.